The molecule has 164 valence electrons. The Bertz CT molecular complexity index is 1190. The number of likely N-dealkylation sites (tertiary alicyclic amines) is 1. The highest BCUT2D eigenvalue weighted by Gasteiger charge is 2.27. The molecule has 1 aliphatic rings. The fourth-order valence-corrected chi connectivity index (χ4v) is 5.13. The quantitative estimate of drug-likeness (QED) is 0.670. The molecule has 1 N–H and O–H groups in total. The molecule has 0 spiro atoms. The van der Waals surface area contributed by atoms with Crippen LogP contribution in [0.2, 0.25) is 0 Å². The fraction of sp³-hybridized carbons (Fsp3) is 0.455. The van der Waals surface area contributed by atoms with Gasteiger partial charge in [-0.25, -0.2) is 9.48 Å². The zero-order valence-electron chi connectivity index (χ0n) is 17.9. The average molecular weight is 443 g/mol. The van der Waals surface area contributed by atoms with Gasteiger partial charge in [-0.05, 0) is 39.7 Å². The second kappa shape index (κ2) is 8.66. The van der Waals surface area contributed by atoms with E-state index >= 15 is 0 Å². The summed E-state index contributed by atoms with van der Waals surface area (Å²) in [6.07, 6.45) is 0.975. The van der Waals surface area contributed by atoms with E-state index in [1.165, 1.54) is 4.68 Å². The van der Waals surface area contributed by atoms with Gasteiger partial charge in [0.05, 0.1) is 22.4 Å². The van der Waals surface area contributed by atoms with Crippen molar-refractivity contribution >= 4 is 43.5 Å². The Kier molecular flexibility index (Phi) is 5.95. The monoisotopic (exact) mass is 442 g/mol. The van der Waals surface area contributed by atoms with Crippen LogP contribution in [0.5, 0.6) is 0 Å². The highest BCUT2D eigenvalue weighted by atomic mass is 32.1. The Morgan fingerprint density at radius 3 is 2.71 bits per heavy atom. The van der Waals surface area contributed by atoms with E-state index in [4.69, 9.17) is 4.74 Å². The number of thiophene rings is 1. The molecule has 1 aromatic carbocycles. The lowest BCUT2D eigenvalue weighted by Gasteiger charge is -2.32. The first-order valence-electron chi connectivity index (χ1n) is 10.5. The molecular weight excluding hydrogens is 416 g/mol. The van der Waals surface area contributed by atoms with E-state index in [0.29, 0.717) is 37.9 Å². The summed E-state index contributed by atoms with van der Waals surface area (Å²) in [5, 5.41) is 8.98. The number of nitrogens with one attached hydrogen (secondary N) is 1. The zero-order chi connectivity index (χ0) is 22.1. The molecule has 1 saturated heterocycles. The number of hydrogen-bond donors (Lipinski definition) is 1. The minimum Gasteiger partial charge on any atom is -0.450 e. The number of carbonyl (C=O) groups is 2. The molecular formula is C22H26N4O4S. The van der Waals surface area contributed by atoms with Gasteiger partial charge in [0, 0.05) is 29.2 Å². The molecule has 3 aromatic rings. The summed E-state index contributed by atoms with van der Waals surface area (Å²) < 4.78 is 8.22. The third-order valence-electron chi connectivity index (χ3n) is 5.72. The van der Waals surface area contributed by atoms with E-state index in [0.717, 1.165) is 20.5 Å². The number of hydrogen-bond acceptors (Lipinski definition) is 6. The van der Waals surface area contributed by atoms with Crippen LogP contribution in [-0.2, 0) is 9.53 Å². The number of aromatic nitrogens is 2. The standard InChI is InChI=1S/C22H26N4O4S/c1-4-30-22(29)25-11-9-15(10-12-25)23-20(27)14(3)26-21(28)18-16-7-5-6-8-17(16)31-19(18)13(2)24-26/h5-8,14-15H,4,9-12H2,1-3H3,(H,23,27). The van der Waals surface area contributed by atoms with Crippen LogP contribution in [0.3, 0.4) is 0 Å². The van der Waals surface area contributed by atoms with Gasteiger partial charge < -0.3 is 15.0 Å². The van der Waals surface area contributed by atoms with E-state index in [2.05, 4.69) is 10.4 Å². The molecule has 2 amide bonds. The second-order valence-electron chi connectivity index (χ2n) is 7.78. The number of fused-ring (bicyclic) bond motifs is 3. The number of amides is 2. The van der Waals surface area contributed by atoms with Gasteiger partial charge in [-0.1, -0.05) is 18.2 Å². The lowest BCUT2D eigenvalue weighted by Crippen LogP contribution is -2.48. The molecule has 9 heteroatoms. The molecule has 0 saturated carbocycles. The smallest absolute Gasteiger partial charge is 0.409 e. The van der Waals surface area contributed by atoms with Gasteiger partial charge in [0.1, 0.15) is 6.04 Å². The summed E-state index contributed by atoms with van der Waals surface area (Å²) in [5.74, 6) is -0.248. The third kappa shape index (κ3) is 4.01. The summed E-state index contributed by atoms with van der Waals surface area (Å²) in [6.45, 7) is 6.74. The van der Waals surface area contributed by atoms with Crippen LogP contribution in [0.15, 0.2) is 29.1 Å². The first-order valence-corrected chi connectivity index (χ1v) is 11.3. The normalized spacial score (nSPS) is 15.9. The summed E-state index contributed by atoms with van der Waals surface area (Å²) in [6, 6.07) is 6.99. The van der Waals surface area contributed by atoms with Gasteiger partial charge in [-0.3, -0.25) is 9.59 Å². The fourth-order valence-electron chi connectivity index (χ4n) is 4.00. The number of piperidine rings is 1. The van der Waals surface area contributed by atoms with Crippen molar-refractivity contribution in [1.29, 1.82) is 0 Å². The molecule has 1 aliphatic heterocycles. The van der Waals surface area contributed by atoms with Crippen molar-refractivity contribution < 1.29 is 14.3 Å². The predicted molar refractivity (Wildman–Crippen MR) is 121 cm³/mol. The van der Waals surface area contributed by atoms with Crippen LogP contribution in [0.4, 0.5) is 4.79 Å². The van der Waals surface area contributed by atoms with Crippen LogP contribution in [0, 0.1) is 6.92 Å². The van der Waals surface area contributed by atoms with Crippen molar-refractivity contribution in [3.63, 3.8) is 0 Å². The van der Waals surface area contributed by atoms with Gasteiger partial charge in [0.2, 0.25) is 5.91 Å². The average Bonchev–Trinajstić information content (AvgIpc) is 3.17. The van der Waals surface area contributed by atoms with Gasteiger partial charge in [0.15, 0.2) is 0 Å². The third-order valence-corrected chi connectivity index (χ3v) is 7.00. The predicted octanol–water partition coefficient (Wildman–Crippen LogP) is 3.22. The SMILES string of the molecule is CCOC(=O)N1CCC(NC(=O)C(C)n2nc(C)c3sc4ccccc4c3c2=O)CC1. The molecule has 0 aliphatic carbocycles. The van der Waals surface area contributed by atoms with E-state index in [9.17, 15) is 14.4 Å². The maximum absolute atomic E-state index is 13.2. The molecule has 8 nitrogen and oxygen atoms in total. The molecule has 2 aromatic heterocycles. The van der Waals surface area contributed by atoms with Gasteiger partial charge in [0.25, 0.3) is 5.56 Å². The minimum atomic E-state index is -0.739. The Balaban J connectivity index is 1.52. The zero-order valence-corrected chi connectivity index (χ0v) is 18.7. The van der Waals surface area contributed by atoms with Crippen molar-refractivity contribution in [2.24, 2.45) is 0 Å². The molecule has 4 rings (SSSR count). The molecule has 0 bridgehead atoms. The van der Waals surface area contributed by atoms with E-state index in [1.54, 1.807) is 30.1 Å². The Labute approximate surface area is 183 Å². The number of carbonyl (C=O) groups excluding carboxylic acids is 2. The lowest BCUT2D eigenvalue weighted by atomic mass is 10.0. The summed E-state index contributed by atoms with van der Waals surface area (Å²) in [4.78, 5) is 39.7. The first kappa shape index (κ1) is 21.3. The molecule has 1 unspecified atom stereocenters. The summed E-state index contributed by atoms with van der Waals surface area (Å²) in [7, 11) is 0. The molecule has 0 radical (unpaired) electrons. The lowest BCUT2D eigenvalue weighted by molar-refractivity contribution is -0.125. The number of aryl methyl sites for hydroxylation is 1. The largest absolute Gasteiger partial charge is 0.450 e. The number of benzene rings is 1. The van der Waals surface area contributed by atoms with Gasteiger partial charge >= 0.3 is 6.09 Å². The Morgan fingerprint density at radius 1 is 1.29 bits per heavy atom. The van der Waals surface area contributed by atoms with Crippen molar-refractivity contribution in [2.75, 3.05) is 19.7 Å². The molecule has 1 fully saturated rings. The van der Waals surface area contributed by atoms with Crippen molar-refractivity contribution in [2.45, 2.75) is 45.7 Å². The van der Waals surface area contributed by atoms with Crippen LogP contribution < -0.4 is 10.9 Å². The van der Waals surface area contributed by atoms with Gasteiger partial charge in [-0.15, -0.1) is 11.3 Å². The number of rotatable bonds is 4. The Hall–Kier alpha value is -2.94. The summed E-state index contributed by atoms with van der Waals surface area (Å²) in [5.41, 5.74) is 0.482. The van der Waals surface area contributed by atoms with E-state index < -0.39 is 6.04 Å². The Morgan fingerprint density at radius 2 is 2.00 bits per heavy atom. The van der Waals surface area contributed by atoms with Crippen LogP contribution >= 0.6 is 11.3 Å². The van der Waals surface area contributed by atoms with E-state index in [1.807, 2.05) is 31.2 Å². The van der Waals surface area contributed by atoms with Crippen LogP contribution in [0.1, 0.15) is 38.4 Å². The van der Waals surface area contributed by atoms with Crippen LogP contribution in [-0.4, -0.2) is 52.4 Å². The van der Waals surface area contributed by atoms with Crippen molar-refractivity contribution in [3.8, 4) is 0 Å². The molecule has 31 heavy (non-hydrogen) atoms. The highest BCUT2D eigenvalue weighted by Crippen LogP contribution is 2.32. The minimum absolute atomic E-state index is 0.0527. The topological polar surface area (TPSA) is 93.5 Å². The number of ether oxygens (including phenoxy) is 1. The molecule has 1 atom stereocenters. The number of nitrogens with zero attached hydrogens (tertiary/aromatic N) is 3. The van der Waals surface area contributed by atoms with Crippen molar-refractivity contribution in [1.82, 2.24) is 20.0 Å². The maximum atomic E-state index is 13.2. The first-order chi connectivity index (χ1) is 14.9. The second-order valence-corrected chi connectivity index (χ2v) is 8.83. The summed E-state index contributed by atoms with van der Waals surface area (Å²) >= 11 is 1.55. The maximum Gasteiger partial charge on any atom is 0.409 e. The van der Waals surface area contributed by atoms with Crippen LogP contribution in [0.25, 0.3) is 20.2 Å². The van der Waals surface area contributed by atoms with E-state index in [-0.39, 0.29) is 23.6 Å². The molecule has 3 heterocycles. The van der Waals surface area contributed by atoms with Gasteiger partial charge in [-0.2, -0.15) is 5.10 Å². The highest BCUT2D eigenvalue weighted by molar-refractivity contribution is 7.26. The van der Waals surface area contributed by atoms with Crippen molar-refractivity contribution in [3.05, 3.63) is 40.3 Å².